The molecule has 3 heteroatoms. The minimum atomic E-state index is -0.961. The van der Waals surface area contributed by atoms with Crippen LogP contribution in [0.4, 0.5) is 0 Å². The first kappa shape index (κ1) is 12.7. The fourth-order valence-corrected chi connectivity index (χ4v) is 3.52. The molecule has 78 valence electrons. The summed E-state index contributed by atoms with van der Waals surface area (Å²) in [6.45, 7) is 9.07. The van der Waals surface area contributed by atoms with Crippen molar-refractivity contribution in [1.82, 2.24) is 0 Å². The van der Waals surface area contributed by atoms with Gasteiger partial charge in [-0.15, -0.1) is 0 Å². The number of carbonyl (C=O) groups is 1. The van der Waals surface area contributed by atoms with Crippen molar-refractivity contribution >= 4 is 14.0 Å². The Morgan fingerprint density at radius 1 is 1.31 bits per heavy atom. The SMILES string of the molecule is CC[Si](C)(CC)CCCOC(C)=O. The maximum Gasteiger partial charge on any atom is 0.302 e. The summed E-state index contributed by atoms with van der Waals surface area (Å²) in [5, 5.41) is 0. The number of hydrogen-bond donors (Lipinski definition) is 0. The van der Waals surface area contributed by atoms with E-state index in [-0.39, 0.29) is 5.97 Å². The van der Waals surface area contributed by atoms with Crippen molar-refractivity contribution in [2.24, 2.45) is 0 Å². The van der Waals surface area contributed by atoms with Gasteiger partial charge in [-0.2, -0.15) is 0 Å². The summed E-state index contributed by atoms with van der Waals surface area (Å²) in [7, 11) is -0.961. The molecule has 0 radical (unpaired) electrons. The molecule has 0 aromatic rings. The second-order valence-corrected chi connectivity index (χ2v) is 9.50. The molecule has 0 aromatic carbocycles. The summed E-state index contributed by atoms with van der Waals surface area (Å²) < 4.78 is 4.91. The molecule has 0 saturated heterocycles. The maximum atomic E-state index is 10.5. The molecule has 0 amide bonds. The summed E-state index contributed by atoms with van der Waals surface area (Å²) in [4.78, 5) is 10.5. The third kappa shape index (κ3) is 5.85. The van der Waals surface area contributed by atoms with Gasteiger partial charge in [-0.25, -0.2) is 0 Å². The molecule has 2 nitrogen and oxygen atoms in total. The van der Waals surface area contributed by atoms with Gasteiger partial charge in [0.2, 0.25) is 0 Å². The minimum Gasteiger partial charge on any atom is -0.466 e. The highest BCUT2D eigenvalue weighted by Crippen LogP contribution is 2.21. The van der Waals surface area contributed by atoms with E-state index in [0.29, 0.717) is 6.61 Å². The molecule has 0 atom stereocenters. The van der Waals surface area contributed by atoms with Crippen molar-refractivity contribution in [3.8, 4) is 0 Å². The predicted octanol–water partition coefficient (Wildman–Crippen LogP) is 3.06. The zero-order valence-corrected chi connectivity index (χ0v) is 10.4. The van der Waals surface area contributed by atoms with Gasteiger partial charge in [0.15, 0.2) is 0 Å². The van der Waals surface area contributed by atoms with Crippen LogP contribution >= 0.6 is 0 Å². The molecule has 0 aromatic heterocycles. The van der Waals surface area contributed by atoms with E-state index in [2.05, 4.69) is 20.4 Å². The summed E-state index contributed by atoms with van der Waals surface area (Å²) in [5.74, 6) is -0.156. The van der Waals surface area contributed by atoms with Gasteiger partial charge in [0.05, 0.1) is 14.7 Å². The van der Waals surface area contributed by atoms with E-state index in [1.165, 1.54) is 25.1 Å². The molecule has 0 heterocycles. The molecule has 0 bridgehead atoms. The Hall–Kier alpha value is -0.313. The van der Waals surface area contributed by atoms with E-state index in [4.69, 9.17) is 4.74 Å². The molecule has 0 N–H and O–H groups in total. The average Bonchev–Trinajstić information content (AvgIpc) is 2.12. The van der Waals surface area contributed by atoms with Crippen molar-refractivity contribution in [3.63, 3.8) is 0 Å². The lowest BCUT2D eigenvalue weighted by Gasteiger charge is -2.23. The van der Waals surface area contributed by atoms with Crippen LogP contribution in [-0.2, 0) is 9.53 Å². The molecule has 0 aliphatic heterocycles. The normalized spacial score (nSPS) is 11.4. The number of rotatable bonds is 6. The standard InChI is InChI=1S/C10H22O2Si/c1-5-13(4,6-2)9-7-8-12-10(3)11/h5-9H2,1-4H3. The Morgan fingerprint density at radius 3 is 2.23 bits per heavy atom. The van der Waals surface area contributed by atoms with Gasteiger partial charge >= 0.3 is 5.97 Å². The lowest BCUT2D eigenvalue weighted by molar-refractivity contribution is -0.140. The summed E-state index contributed by atoms with van der Waals surface area (Å²) >= 11 is 0. The van der Waals surface area contributed by atoms with Crippen LogP contribution in [0.5, 0.6) is 0 Å². The Bertz CT molecular complexity index is 153. The molecule has 13 heavy (non-hydrogen) atoms. The zero-order valence-electron chi connectivity index (χ0n) is 9.35. The second-order valence-electron chi connectivity index (χ2n) is 3.96. The lowest BCUT2D eigenvalue weighted by Crippen LogP contribution is -2.27. The van der Waals surface area contributed by atoms with Gasteiger partial charge in [-0.05, 0) is 6.42 Å². The van der Waals surface area contributed by atoms with Gasteiger partial charge in [0.25, 0.3) is 0 Å². The largest absolute Gasteiger partial charge is 0.466 e. The third-order valence-corrected chi connectivity index (χ3v) is 7.91. The highest BCUT2D eigenvalue weighted by molar-refractivity contribution is 6.78. The highest BCUT2D eigenvalue weighted by atomic mass is 28.3. The van der Waals surface area contributed by atoms with Crippen molar-refractivity contribution < 1.29 is 9.53 Å². The molecule has 0 rings (SSSR count). The van der Waals surface area contributed by atoms with Crippen molar-refractivity contribution in [1.29, 1.82) is 0 Å². The van der Waals surface area contributed by atoms with E-state index >= 15 is 0 Å². The van der Waals surface area contributed by atoms with E-state index in [0.717, 1.165) is 6.42 Å². The second kappa shape index (κ2) is 6.19. The predicted molar refractivity (Wildman–Crippen MR) is 58.6 cm³/mol. The quantitative estimate of drug-likeness (QED) is 0.376. The Balaban J connectivity index is 3.55. The van der Waals surface area contributed by atoms with Crippen molar-refractivity contribution in [3.05, 3.63) is 0 Å². The molecule has 0 aliphatic carbocycles. The van der Waals surface area contributed by atoms with Crippen LogP contribution in [0.2, 0.25) is 24.7 Å². The summed E-state index contributed by atoms with van der Waals surface area (Å²) in [6.07, 6.45) is 1.05. The fraction of sp³-hybridized carbons (Fsp3) is 0.900. The van der Waals surface area contributed by atoms with E-state index in [9.17, 15) is 4.79 Å². The summed E-state index contributed by atoms with van der Waals surface area (Å²) in [5.41, 5.74) is 0. The van der Waals surface area contributed by atoms with Gasteiger partial charge in [0, 0.05) is 6.92 Å². The van der Waals surface area contributed by atoms with Crippen LogP contribution in [0, 0.1) is 0 Å². The first-order valence-corrected chi connectivity index (χ1v) is 8.29. The zero-order chi connectivity index (χ0) is 10.3. The van der Waals surface area contributed by atoms with Crippen LogP contribution in [0.3, 0.4) is 0 Å². The van der Waals surface area contributed by atoms with E-state index in [1.54, 1.807) is 0 Å². The van der Waals surface area contributed by atoms with Crippen LogP contribution in [-0.4, -0.2) is 20.7 Å². The van der Waals surface area contributed by atoms with Crippen LogP contribution in [0.1, 0.15) is 27.2 Å². The number of ether oxygens (including phenoxy) is 1. The fourth-order valence-electron chi connectivity index (χ4n) is 1.32. The van der Waals surface area contributed by atoms with Crippen molar-refractivity contribution in [2.45, 2.75) is 51.9 Å². The van der Waals surface area contributed by atoms with Gasteiger partial charge in [-0.1, -0.05) is 38.5 Å². The average molecular weight is 202 g/mol. The summed E-state index contributed by atoms with van der Waals surface area (Å²) in [6, 6.07) is 3.96. The molecule has 0 unspecified atom stereocenters. The Labute approximate surface area is 82.7 Å². The van der Waals surface area contributed by atoms with Gasteiger partial charge in [0.1, 0.15) is 0 Å². The first-order valence-electron chi connectivity index (χ1n) is 5.17. The number of esters is 1. The smallest absolute Gasteiger partial charge is 0.302 e. The molecule has 0 saturated carbocycles. The van der Waals surface area contributed by atoms with Gasteiger partial charge in [-0.3, -0.25) is 4.79 Å². The Morgan fingerprint density at radius 2 is 1.85 bits per heavy atom. The monoisotopic (exact) mass is 202 g/mol. The molecular formula is C10H22O2Si. The molecule has 0 spiro atoms. The third-order valence-electron chi connectivity index (χ3n) is 2.94. The maximum absolute atomic E-state index is 10.5. The van der Waals surface area contributed by atoms with E-state index < -0.39 is 8.07 Å². The molecular weight excluding hydrogens is 180 g/mol. The van der Waals surface area contributed by atoms with Crippen LogP contribution in [0.15, 0.2) is 0 Å². The van der Waals surface area contributed by atoms with Crippen LogP contribution < -0.4 is 0 Å². The highest BCUT2D eigenvalue weighted by Gasteiger charge is 2.21. The van der Waals surface area contributed by atoms with E-state index in [1.807, 2.05) is 0 Å². The molecule has 0 fully saturated rings. The number of carbonyl (C=O) groups excluding carboxylic acids is 1. The minimum absolute atomic E-state index is 0.156. The van der Waals surface area contributed by atoms with Gasteiger partial charge < -0.3 is 4.74 Å². The first-order chi connectivity index (χ1) is 6.04. The van der Waals surface area contributed by atoms with Crippen molar-refractivity contribution in [2.75, 3.05) is 6.61 Å². The topological polar surface area (TPSA) is 26.3 Å². The lowest BCUT2D eigenvalue weighted by atomic mass is 10.5. The Kier molecular flexibility index (Phi) is 6.04. The number of hydrogen-bond acceptors (Lipinski definition) is 2. The van der Waals surface area contributed by atoms with Crippen LogP contribution in [0.25, 0.3) is 0 Å². The molecule has 0 aliphatic rings.